The lowest BCUT2D eigenvalue weighted by Gasteiger charge is -2.09. The van der Waals surface area contributed by atoms with Crippen molar-refractivity contribution < 1.29 is 14.3 Å². The van der Waals surface area contributed by atoms with Crippen LogP contribution >= 0.6 is 11.6 Å². The summed E-state index contributed by atoms with van der Waals surface area (Å²) in [7, 11) is 1.29. The Kier molecular flexibility index (Phi) is 6.05. The molecule has 0 aliphatic rings. The summed E-state index contributed by atoms with van der Waals surface area (Å²) in [6, 6.07) is 4.53. The number of anilines is 1. The first-order valence-electron chi connectivity index (χ1n) is 5.57. The Balaban J connectivity index is 2.74. The van der Waals surface area contributed by atoms with Crippen LogP contribution in [-0.4, -0.2) is 32.1 Å². The molecule has 0 fully saturated rings. The Hall–Kier alpha value is -1.85. The van der Waals surface area contributed by atoms with Gasteiger partial charge >= 0.3 is 5.97 Å². The highest BCUT2D eigenvalue weighted by Gasteiger charge is 2.10. The van der Waals surface area contributed by atoms with Gasteiger partial charge in [0.25, 0.3) is 0 Å². The lowest BCUT2D eigenvalue weighted by molar-refractivity contribution is -0.115. The number of hydrogen-bond donors (Lipinski definition) is 2. The quantitative estimate of drug-likeness (QED) is 0.475. The van der Waals surface area contributed by atoms with Crippen LogP contribution in [0.3, 0.4) is 0 Å². The van der Waals surface area contributed by atoms with Crippen LogP contribution < -0.4 is 10.6 Å². The topological polar surface area (TPSA) is 67.4 Å². The van der Waals surface area contributed by atoms with Crippen molar-refractivity contribution in [2.45, 2.75) is 0 Å². The zero-order chi connectivity index (χ0) is 14.3. The number of hydrogen-bond acceptors (Lipinski definition) is 4. The zero-order valence-corrected chi connectivity index (χ0v) is 11.3. The molecule has 0 aromatic heterocycles. The number of amides is 1. The minimum Gasteiger partial charge on any atom is -0.465 e. The van der Waals surface area contributed by atoms with E-state index in [1.165, 1.54) is 25.3 Å². The molecule has 102 valence electrons. The summed E-state index contributed by atoms with van der Waals surface area (Å²) in [6.07, 6.45) is 1.65. The molecule has 0 atom stereocenters. The molecule has 0 saturated carbocycles. The SMILES string of the molecule is C=CCNCC(=O)Nc1cc(C(=O)OC)ccc1Cl. The highest BCUT2D eigenvalue weighted by atomic mass is 35.5. The number of nitrogens with one attached hydrogen (secondary N) is 2. The Labute approximate surface area is 116 Å². The lowest BCUT2D eigenvalue weighted by atomic mass is 10.2. The second-order valence-corrected chi connectivity index (χ2v) is 4.06. The van der Waals surface area contributed by atoms with Crippen LogP contribution in [0.1, 0.15) is 10.4 Å². The van der Waals surface area contributed by atoms with Gasteiger partial charge in [-0.1, -0.05) is 17.7 Å². The highest BCUT2D eigenvalue weighted by molar-refractivity contribution is 6.33. The third-order valence-electron chi connectivity index (χ3n) is 2.24. The Morgan fingerprint density at radius 1 is 1.47 bits per heavy atom. The monoisotopic (exact) mass is 282 g/mol. The maximum Gasteiger partial charge on any atom is 0.337 e. The van der Waals surface area contributed by atoms with Gasteiger partial charge in [-0.3, -0.25) is 4.79 Å². The molecule has 0 bridgehead atoms. The van der Waals surface area contributed by atoms with E-state index in [1.807, 2.05) is 0 Å². The molecule has 1 aromatic rings. The standard InChI is InChI=1S/C13H15ClN2O3/c1-3-6-15-8-12(17)16-11-7-9(13(18)19-2)4-5-10(11)14/h3-5,7,15H,1,6,8H2,2H3,(H,16,17). The van der Waals surface area contributed by atoms with Gasteiger partial charge in [0.1, 0.15) is 0 Å². The van der Waals surface area contributed by atoms with Gasteiger partial charge in [-0.25, -0.2) is 4.79 Å². The van der Waals surface area contributed by atoms with Crippen molar-refractivity contribution in [2.24, 2.45) is 0 Å². The molecule has 2 N–H and O–H groups in total. The first kappa shape index (κ1) is 15.2. The molecule has 0 aliphatic carbocycles. The highest BCUT2D eigenvalue weighted by Crippen LogP contribution is 2.23. The number of benzene rings is 1. The first-order valence-corrected chi connectivity index (χ1v) is 5.95. The van der Waals surface area contributed by atoms with Crippen molar-refractivity contribution in [2.75, 3.05) is 25.5 Å². The Morgan fingerprint density at radius 2 is 2.21 bits per heavy atom. The predicted molar refractivity (Wildman–Crippen MR) is 74.5 cm³/mol. The van der Waals surface area contributed by atoms with E-state index in [0.717, 1.165) is 0 Å². The average Bonchev–Trinajstić information content (AvgIpc) is 2.40. The maximum atomic E-state index is 11.6. The number of carbonyl (C=O) groups is 2. The van der Waals surface area contributed by atoms with E-state index in [0.29, 0.717) is 22.8 Å². The summed E-state index contributed by atoms with van der Waals surface area (Å²) >= 11 is 5.95. The van der Waals surface area contributed by atoms with E-state index in [4.69, 9.17) is 11.6 Å². The van der Waals surface area contributed by atoms with Crippen LogP contribution in [0.5, 0.6) is 0 Å². The first-order chi connectivity index (χ1) is 9.08. The van der Waals surface area contributed by atoms with Gasteiger partial charge in [0.2, 0.25) is 5.91 Å². The molecule has 1 amide bonds. The smallest absolute Gasteiger partial charge is 0.337 e. The van der Waals surface area contributed by atoms with E-state index in [2.05, 4.69) is 21.9 Å². The zero-order valence-electron chi connectivity index (χ0n) is 10.5. The average molecular weight is 283 g/mol. The molecule has 0 saturated heterocycles. The number of halogens is 1. The molecule has 5 nitrogen and oxygen atoms in total. The minimum absolute atomic E-state index is 0.130. The van der Waals surface area contributed by atoms with E-state index in [1.54, 1.807) is 6.08 Å². The van der Waals surface area contributed by atoms with Gasteiger partial charge in [0, 0.05) is 6.54 Å². The third-order valence-corrected chi connectivity index (χ3v) is 2.57. The second-order valence-electron chi connectivity index (χ2n) is 3.65. The molecule has 0 unspecified atom stereocenters. The molecular formula is C13H15ClN2O3. The van der Waals surface area contributed by atoms with E-state index < -0.39 is 5.97 Å². The molecular weight excluding hydrogens is 268 g/mol. The molecule has 0 radical (unpaired) electrons. The number of methoxy groups -OCH3 is 1. The lowest BCUT2D eigenvalue weighted by Crippen LogP contribution is -2.28. The van der Waals surface area contributed by atoms with E-state index in [-0.39, 0.29) is 12.5 Å². The largest absolute Gasteiger partial charge is 0.465 e. The van der Waals surface area contributed by atoms with Gasteiger partial charge in [-0.15, -0.1) is 6.58 Å². The molecule has 19 heavy (non-hydrogen) atoms. The van der Waals surface area contributed by atoms with E-state index in [9.17, 15) is 9.59 Å². The number of carbonyl (C=O) groups excluding carboxylic acids is 2. The molecule has 1 aromatic carbocycles. The van der Waals surface area contributed by atoms with Gasteiger partial charge < -0.3 is 15.4 Å². The van der Waals surface area contributed by atoms with Gasteiger partial charge in [0.15, 0.2) is 0 Å². The van der Waals surface area contributed by atoms with Crippen molar-refractivity contribution in [1.29, 1.82) is 0 Å². The van der Waals surface area contributed by atoms with Crippen LogP contribution in [0.4, 0.5) is 5.69 Å². The fourth-order valence-electron chi connectivity index (χ4n) is 1.35. The van der Waals surface area contributed by atoms with E-state index >= 15 is 0 Å². The number of ether oxygens (including phenoxy) is 1. The van der Waals surface area contributed by atoms with Crippen molar-refractivity contribution in [3.8, 4) is 0 Å². The third kappa shape index (κ3) is 4.73. The van der Waals surface area contributed by atoms with Crippen molar-refractivity contribution in [1.82, 2.24) is 5.32 Å². The summed E-state index contributed by atoms with van der Waals surface area (Å²) in [4.78, 5) is 23.0. The number of rotatable bonds is 6. The summed E-state index contributed by atoms with van der Waals surface area (Å²) in [6.45, 7) is 4.19. The molecule has 1 rings (SSSR count). The Bertz CT molecular complexity index is 489. The van der Waals surface area contributed by atoms with Gasteiger partial charge in [-0.05, 0) is 18.2 Å². The normalized spacial score (nSPS) is 9.79. The predicted octanol–water partition coefficient (Wildman–Crippen LogP) is 1.84. The summed E-state index contributed by atoms with van der Waals surface area (Å²) in [5.74, 6) is -0.747. The Morgan fingerprint density at radius 3 is 2.84 bits per heavy atom. The summed E-state index contributed by atoms with van der Waals surface area (Å²) in [5, 5.41) is 5.82. The fourth-order valence-corrected chi connectivity index (χ4v) is 1.51. The van der Waals surface area contributed by atoms with Gasteiger partial charge in [-0.2, -0.15) is 0 Å². The van der Waals surface area contributed by atoms with Crippen LogP contribution in [0, 0.1) is 0 Å². The summed E-state index contributed by atoms with van der Waals surface area (Å²) in [5.41, 5.74) is 0.691. The van der Waals surface area contributed by atoms with Crippen molar-refractivity contribution in [3.63, 3.8) is 0 Å². The maximum absolute atomic E-state index is 11.6. The van der Waals surface area contributed by atoms with Crippen LogP contribution in [0.15, 0.2) is 30.9 Å². The molecule has 6 heteroatoms. The van der Waals surface area contributed by atoms with Gasteiger partial charge in [0.05, 0.1) is 29.9 Å². The van der Waals surface area contributed by atoms with Crippen LogP contribution in [-0.2, 0) is 9.53 Å². The molecule has 0 heterocycles. The summed E-state index contributed by atoms with van der Waals surface area (Å²) < 4.78 is 4.60. The van der Waals surface area contributed by atoms with Crippen LogP contribution in [0.2, 0.25) is 5.02 Å². The fraction of sp³-hybridized carbons (Fsp3) is 0.231. The second kappa shape index (κ2) is 7.56. The number of esters is 1. The van der Waals surface area contributed by atoms with Crippen LogP contribution in [0.25, 0.3) is 0 Å². The van der Waals surface area contributed by atoms with Crippen molar-refractivity contribution >= 4 is 29.2 Å². The molecule has 0 aliphatic heterocycles. The van der Waals surface area contributed by atoms with Crippen molar-refractivity contribution in [3.05, 3.63) is 41.4 Å². The minimum atomic E-state index is -0.489. The molecule has 0 spiro atoms.